The minimum Gasteiger partial charge on any atom is -0.497 e. The molecule has 1 unspecified atom stereocenters. The third-order valence-electron chi connectivity index (χ3n) is 4.60. The van der Waals surface area contributed by atoms with Gasteiger partial charge in [-0.15, -0.1) is 10.2 Å². The molecule has 1 N–H and O–H groups in total. The fraction of sp³-hybridized carbons (Fsp3) is 0.579. The number of morpholine rings is 1. The molecular weight excluding hydrogens is 348 g/mol. The number of thioether (sulfide) groups is 1. The van der Waals surface area contributed by atoms with E-state index in [1.54, 1.807) is 23.8 Å². The molecule has 0 bridgehead atoms. The van der Waals surface area contributed by atoms with Crippen LogP contribution >= 0.6 is 11.8 Å². The molecule has 0 amide bonds. The Morgan fingerprint density at radius 3 is 2.77 bits per heavy atom. The lowest BCUT2D eigenvalue weighted by Gasteiger charge is -2.30. The van der Waals surface area contributed by atoms with Crippen LogP contribution in [0.1, 0.15) is 13.8 Å². The van der Waals surface area contributed by atoms with E-state index in [-0.39, 0.29) is 6.10 Å². The van der Waals surface area contributed by atoms with Crippen LogP contribution in [-0.2, 0) is 11.8 Å². The first kappa shape index (κ1) is 19.2. The van der Waals surface area contributed by atoms with E-state index in [9.17, 15) is 0 Å². The van der Waals surface area contributed by atoms with E-state index >= 15 is 0 Å². The van der Waals surface area contributed by atoms with E-state index in [1.165, 1.54) is 6.54 Å². The summed E-state index contributed by atoms with van der Waals surface area (Å²) >= 11 is 1.72. The van der Waals surface area contributed by atoms with Crippen LogP contribution in [0.25, 0.3) is 11.4 Å². The monoisotopic (exact) mass is 377 g/mol. The smallest absolute Gasteiger partial charge is 0.191 e. The molecular formula is C19H29N4O2S+. The number of nitrogens with zero attached hydrogens (tertiary/aromatic N) is 3. The maximum atomic E-state index is 5.96. The zero-order valence-corrected chi connectivity index (χ0v) is 16.9. The maximum absolute atomic E-state index is 5.96. The lowest BCUT2D eigenvalue weighted by molar-refractivity contribution is -0.914. The summed E-state index contributed by atoms with van der Waals surface area (Å²) < 4.78 is 13.2. The Morgan fingerprint density at radius 1 is 1.31 bits per heavy atom. The Balaban J connectivity index is 1.59. The van der Waals surface area contributed by atoms with Crippen LogP contribution in [-0.4, -0.2) is 60.0 Å². The molecule has 2 atom stereocenters. The summed E-state index contributed by atoms with van der Waals surface area (Å²) in [7, 11) is 3.68. The molecule has 0 aliphatic carbocycles. The van der Waals surface area contributed by atoms with Crippen molar-refractivity contribution in [3.8, 4) is 17.1 Å². The normalized spacial score (nSPS) is 20.5. The number of methoxy groups -OCH3 is 1. The molecule has 1 aliphatic heterocycles. The van der Waals surface area contributed by atoms with Gasteiger partial charge >= 0.3 is 0 Å². The number of hydrogen-bond acceptors (Lipinski definition) is 5. The van der Waals surface area contributed by atoms with Crippen LogP contribution in [0.4, 0.5) is 0 Å². The van der Waals surface area contributed by atoms with E-state index in [1.807, 2.05) is 35.9 Å². The molecule has 0 saturated carbocycles. The first-order valence-electron chi connectivity index (χ1n) is 9.18. The molecule has 6 nitrogen and oxygen atoms in total. The standard InChI is InChI=1S/C19H28N4O2S/c1-14(2)11-23-9-10-25-17(12-23)13-26-19-21-20-18(22(19)3)15-5-7-16(24-4)8-6-15/h5-8,14,17H,9-13H2,1-4H3/p+1/t17-/m1/s1. The number of ether oxygens (including phenoxy) is 2. The second-order valence-electron chi connectivity index (χ2n) is 7.20. The van der Waals surface area contributed by atoms with E-state index < -0.39 is 0 Å². The van der Waals surface area contributed by atoms with Gasteiger partial charge in [-0.05, 0) is 24.3 Å². The Hall–Kier alpha value is -1.57. The van der Waals surface area contributed by atoms with Gasteiger partial charge in [0.05, 0.1) is 20.3 Å². The Labute approximate surface area is 159 Å². The summed E-state index contributed by atoms with van der Waals surface area (Å²) in [5, 5.41) is 9.66. The number of aromatic nitrogens is 3. The molecule has 1 aromatic heterocycles. The third-order valence-corrected chi connectivity index (χ3v) is 5.76. The molecule has 26 heavy (non-hydrogen) atoms. The number of quaternary nitrogens is 1. The largest absolute Gasteiger partial charge is 0.497 e. The first-order chi connectivity index (χ1) is 12.6. The number of rotatable bonds is 7. The number of hydrogen-bond donors (Lipinski definition) is 1. The summed E-state index contributed by atoms with van der Waals surface area (Å²) in [5.41, 5.74) is 1.04. The van der Waals surface area contributed by atoms with Crippen molar-refractivity contribution >= 4 is 11.8 Å². The average molecular weight is 378 g/mol. The lowest BCUT2D eigenvalue weighted by atomic mass is 10.2. The quantitative estimate of drug-likeness (QED) is 0.742. The lowest BCUT2D eigenvalue weighted by Crippen LogP contribution is -3.15. The summed E-state index contributed by atoms with van der Waals surface area (Å²) in [6.07, 6.45) is 0.281. The molecule has 1 aromatic carbocycles. The van der Waals surface area contributed by atoms with Crippen molar-refractivity contribution in [3.05, 3.63) is 24.3 Å². The second kappa shape index (κ2) is 8.88. The van der Waals surface area contributed by atoms with Crippen LogP contribution in [0.5, 0.6) is 5.75 Å². The Bertz CT molecular complexity index is 702. The van der Waals surface area contributed by atoms with Gasteiger partial charge in [0.2, 0.25) is 0 Å². The maximum Gasteiger partial charge on any atom is 0.191 e. The molecule has 7 heteroatoms. The van der Waals surface area contributed by atoms with Gasteiger partial charge in [-0.3, -0.25) is 0 Å². The Morgan fingerprint density at radius 2 is 2.08 bits per heavy atom. The van der Waals surface area contributed by atoms with Crippen LogP contribution in [0.3, 0.4) is 0 Å². The molecule has 1 fully saturated rings. The van der Waals surface area contributed by atoms with Crippen molar-refractivity contribution in [1.82, 2.24) is 14.8 Å². The summed E-state index contributed by atoms with van der Waals surface area (Å²) in [4.78, 5) is 1.65. The molecule has 3 rings (SSSR count). The number of nitrogens with one attached hydrogen (secondary N) is 1. The molecule has 1 aliphatic rings. The van der Waals surface area contributed by atoms with E-state index in [0.29, 0.717) is 0 Å². The molecule has 1 saturated heterocycles. The van der Waals surface area contributed by atoms with Crippen molar-refractivity contribution in [1.29, 1.82) is 0 Å². The molecule has 0 radical (unpaired) electrons. The van der Waals surface area contributed by atoms with Gasteiger partial charge < -0.3 is 18.9 Å². The third kappa shape index (κ3) is 4.78. The highest BCUT2D eigenvalue weighted by molar-refractivity contribution is 7.99. The van der Waals surface area contributed by atoms with Crippen molar-refractivity contribution in [3.63, 3.8) is 0 Å². The predicted octanol–water partition coefficient (Wildman–Crippen LogP) is 1.52. The first-order valence-corrected chi connectivity index (χ1v) is 10.2. The summed E-state index contributed by atoms with van der Waals surface area (Å²) in [5.74, 6) is 3.35. The molecule has 2 heterocycles. The van der Waals surface area contributed by atoms with Crippen molar-refractivity contribution in [2.24, 2.45) is 13.0 Å². The van der Waals surface area contributed by atoms with Gasteiger partial charge in [0.25, 0.3) is 0 Å². The predicted molar refractivity (Wildman–Crippen MR) is 104 cm³/mol. The number of benzene rings is 1. The van der Waals surface area contributed by atoms with Gasteiger partial charge in [-0.25, -0.2) is 0 Å². The van der Waals surface area contributed by atoms with Crippen molar-refractivity contribution < 1.29 is 14.4 Å². The van der Waals surface area contributed by atoms with E-state index in [2.05, 4.69) is 24.0 Å². The molecule has 142 valence electrons. The molecule has 0 spiro atoms. The highest BCUT2D eigenvalue weighted by Gasteiger charge is 2.25. The van der Waals surface area contributed by atoms with Crippen LogP contribution in [0.15, 0.2) is 29.4 Å². The van der Waals surface area contributed by atoms with Crippen LogP contribution < -0.4 is 9.64 Å². The summed E-state index contributed by atoms with van der Waals surface area (Å²) in [6, 6.07) is 7.90. The minimum atomic E-state index is 0.281. The van der Waals surface area contributed by atoms with Crippen LogP contribution in [0.2, 0.25) is 0 Å². The fourth-order valence-electron chi connectivity index (χ4n) is 3.32. The van der Waals surface area contributed by atoms with Gasteiger partial charge in [0.1, 0.15) is 24.9 Å². The fourth-order valence-corrected chi connectivity index (χ4v) is 4.25. The molecule has 2 aromatic rings. The summed E-state index contributed by atoms with van der Waals surface area (Å²) in [6.45, 7) is 8.83. The van der Waals surface area contributed by atoms with Gasteiger partial charge in [0.15, 0.2) is 11.0 Å². The zero-order valence-electron chi connectivity index (χ0n) is 16.1. The zero-order chi connectivity index (χ0) is 18.5. The minimum absolute atomic E-state index is 0.281. The van der Waals surface area contributed by atoms with E-state index in [0.717, 1.165) is 53.7 Å². The highest BCUT2D eigenvalue weighted by Crippen LogP contribution is 2.25. The van der Waals surface area contributed by atoms with Crippen molar-refractivity contribution in [2.45, 2.75) is 25.1 Å². The SMILES string of the molecule is COc1ccc(-c2nnc(SC[C@H]3C[NH+](CC(C)C)CCO3)n2C)cc1. The van der Waals surface area contributed by atoms with Gasteiger partial charge in [-0.1, -0.05) is 25.6 Å². The van der Waals surface area contributed by atoms with Crippen molar-refractivity contribution in [2.75, 3.05) is 39.1 Å². The highest BCUT2D eigenvalue weighted by atomic mass is 32.2. The van der Waals surface area contributed by atoms with E-state index in [4.69, 9.17) is 9.47 Å². The van der Waals surface area contributed by atoms with Gasteiger partial charge in [-0.2, -0.15) is 0 Å². The Kier molecular flexibility index (Phi) is 6.56. The second-order valence-corrected chi connectivity index (χ2v) is 8.19. The van der Waals surface area contributed by atoms with Gasteiger partial charge in [0, 0.05) is 24.3 Å². The average Bonchev–Trinajstić information content (AvgIpc) is 3.00. The topological polar surface area (TPSA) is 53.6 Å². The van der Waals surface area contributed by atoms with Crippen LogP contribution in [0, 0.1) is 5.92 Å².